The van der Waals surface area contributed by atoms with Crippen molar-refractivity contribution >= 4 is 11.6 Å². The zero-order valence-electron chi connectivity index (χ0n) is 19.6. The van der Waals surface area contributed by atoms with Crippen molar-refractivity contribution in [3.63, 3.8) is 0 Å². The number of carbonyl (C=O) groups is 1. The van der Waals surface area contributed by atoms with Gasteiger partial charge in [-0.15, -0.1) is 0 Å². The molecule has 0 spiro atoms. The van der Waals surface area contributed by atoms with E-state index in [0.717, 1.165) is 48.9 Å². The Morgan fingerprint density at radius 2 is 1.69 bits per heavy atom. The minimum absolute atomic E-state index is 0.0492. The third-order valence-electron chi connectivity index (χ3n) is 6.54. The molecule has 0 saturated carbocycles. The lowest BCUT2D eigenvalue weighted by molar-refractivity contribution is 0.0930. The Morgan fingerprint density at radius 1 is 0.971 bits per heavy atom. The van der Waals surface area contributed by atoms with Crippen molar-refractivity contribution in [3.8, 4) is 17.2 Å². The van der Waals surface area contributed by atoms with Crippen LogP contribution in [-0.2, 0) is 0 Å². The standard InChI is InChI=1S/C27H28FN3O4/c1-33-23-9-7-22(8-10-23)30-12-14-31(15-13-30)24(20-4-11-25-26(16-20)35-18-34-25)17-29-27(32)19-2-5-21(28)6-3-19/h2-11,16,24H,12-15,17-18H2,1H3,(H,29,32)/t24-/m1/s1. The first kappa shape index (κ1) is 23.0. The van der Waals surface area contributed by atoms with E-state index in [9.17, 15) is 9.18 Å². The number of rotatable bonds is 7. The first-order valence-corrected chi connectivity index (χ1v) is 11.7. The number of piperazine rings is 1. The Kier molecular flexibility index (Phi) is 6.72. The van der Waals surface area contributed by atoms with E-state index < -0.39 is 0 Å². The molecule has 5 rings (SSSR count). The number of nitrogens with zero attached hydrogens (tertiary/aromatic N) is 2. The molecule has 2 aliphatic rings. The first-order valence-electron chi connectivity index (χ1n) is 11.7. The summed E-state index contributed by atoms with van der Waals surface area (Å²) in [6.07, 6.45) is 0. The fourth-order valence-electron chi connectivity index (χ4n) is 4.56. The molecule has 0 bridgehead atoms. The van der Waals surface area contributed by atoms with Gasteiger partial charge in [0.15, 0.2) is 11.5 Å². The highest BCUT2D eigenvalue weighted by atomic mass is 19.1. The van der Waals surface area contributed by atoms with E-state index in [1.54, 1.807) is 7.11 Å². The molecule has 1 atom stereocenters. The van der Waals surface area contributed by atoms with Gasteiger partial charge in [0.1, 0.15) is 11.6 Å². The number of methoxy groups -OCH3 is 1. The quantitative estimate of drug-likeness (QED) is 0.558. The van der Waals surface area contributed by atoms with Crippen LogP contribution in [0.25, 0.3) is 0 Å². The maximum absolute atomic E-state index is 13.3. The van der Waals surface area contributed by atoms with Crippen molar-refractivity contribution in [2.24, 2.45) is 0 Å². The molecule has 7 nitrogen and oxygen atoms in total. The minimum atomic E-state index is -0.366. The summed E-state index contributed by atoms with van der Waals surface area (Å²) < 4.78 is 29.6. The molecule has 35 heavy (non-hydrogen) atoms. The molecular formula is C27H28FN3O4. The van der Waals surface area contributed by atoms with Crippen LogP contribution < -0.4 is 24.4 Å². The maximum Gasteiger partial charge on any atom is 0.251 e. The van der Waals surface area contributed by atoms with Gasteiger partial charge < -0.3 is 24.4 Å². The Hall–Kier alpha value is -3.78. The molecule has 1 saturated heterocycles. The van der Waals surface area contributed by atoms with E-state index in [0.29, 0.717) is 17.9 Å². The summed E-state index contributed by atoms with van der Waals surface area (Å²) in [5.74, 6) is 1.69. The Balaban J connectivity index is 1.30. The molecule has 0 radical (unpaired) electrons. The number of amides is 1. The third kappa shape index (κ3) is 5.17. The summed E-state index contributed by atoms with van der Waals surface area (Å²) in [7, 11) is 1.67. The van der Waals surface area contributed by atoms with Gasteiger partial charge in [-0.05, 0) is 66.2 Å². The lowest BCUT2D eigenvalue weighted by Gasteiger charge is -2.40. The van der Waals surface area contributed by atoms with Crippen LogP contribution in [0.15, 0.2) is 66.7 Å². The summed E-state index contributed by atoms with van der Waals surface area (Å²) in [5.41, 5.74) is 2.64. The molecule has 0 unspecified atom stereocenters. The van der Waals surface area contributed by atoms with Crippen molar-refractivity contribution in [1.82, 2.24) is 10.2 Å². The van der Waals surface area contributed by atoms with Crippen LogP contribution in [0.2, 0.25) is 0 Å². The number of anilines is 1. The van der Waals surface area contributed by atoms with Gasteiger partial charge in [0.05, 0.1) is 13.2 Å². The van der Waals surface area contributed by atoms with Crippen molar-refractivity contribution in [2.75, 3.05) is 51.5 Å². The second-order valence-electron chi connectivity index (χ2n) is 8.57. The molecule has 0 aliphatic carbocycles. The van der Waals surface area contributed by atoms with Crippen LogP contribution in [0.4, 0.5) is 10.1 Å². The van der Waals surface area contributed by atoms with Gasteiger partial charge in [-0.2, -0.15) is 0 Å². The average molecular weight is 478 g/mol. The summed E-state index contributed by atoms with van der Waals surface area (Å²) in [5, 5.41) is 3.03. The molecule has 2 heterocycles. The average Bonchev–Trinajstić information content (AvgIpc) is 3.38. The second kappa shape index (κ2) is 10.2. The summed E-state index contributed by atoms with van der Waals surface area (Å²) >= 11 is 0. The highest BCUT2D eigenvalue weighted by molar-refractivity contribution is 5.94. The van der Waals surface area contributed by atoms with Crippen molar-refractivity contribution in [3.05, 3.63) is 83.7 Å². The van der Waals surface area contributed by atoms with Crippen LogP contribution in [0.3, 0.4) is 0 Å². The monoisotopic (exact) mass is 477 g/mol. The number of fused-ring (bicyclic) bond motifs is 1. The highest BCUT2D eigenvalue weighted by Crippen LogP contribution is 2.36. The summed E-state index contributed by atoms with van der Waals surface area (Å²) in [4.78, 5) is 17.5. The van der Waals surface area contributed by atoms with Gasteiger partial charge >= 0.3 is 0 Å². The predicted octanol–water partition coefficient (Wildman–Crippen LogP) is 3.86. The van der Waals surface area contributed by atoms with E-state index in [-0.39, 0.29) is 24.6 Å². The largest absolute Gasteiger partial charge is 0.497 e. The number of ether oxygens (including phenoxy) is 3. The van der Waals surface area contributed by atoms with Crippen LogP contribution in [0.5, 0.6) is 17.2 Å². The molecule has 0 aromatic heterocycles. The highest BCUT2D eigenvalue weighted by Gasteiger charge is 2.27. The van der Waals surface area contributed by atoms with E-state index in [2.05, 4.69) is 27.2 Å². The molecular weight excluding hydrogens is 449 g/mol. The molecule has 3 aromatic carbocycles. The number of halogens is 1. The fourth-order valence-corrected chi connectivity index (χ4v) is 4.56. The lowest BCUT2D eigenvalue weighted by Crippen LogP contribution is -2.50. The van der Waals surface area contributed by atoms with Gasteiger partial charge in [0.2, 0.25) is 6.79 Å². The zero-order valence-corrected chi connectivity index (χ0v) is 19.6. The normalized spacial score (nSPS) is 16.1. The lowest BCUT2D eigenvalue weighted by atomic mass is 10.0. The van der Waals surface area contributed by atoms with Gasteiger partial charge in [-0.1, -0.05) is 6.07 Å². The fraction of sp³-hybridized carbons (Fsp3) is 0.296. The van der Waals surface area contributed by atoms with Gasteiger partial charge in [0.25, 0.3) is 5.91 Å². The van der Waals surface area contributed by atoms with Crippen molar-refractivity contribution in [1.29, 1.82) is 0 Å². The molecule has 1 fully saturated rings. The number of carbonyl (C=O) groups excluding carboxylic acids is 1. The van der Waals surface area contributed by atoms with Crippen LogP contribution in [0, 0.1) is 5.82 Å². The SMILES string of the molecule is COc1ccc(N2CCN([C@H](CNC(=O)c3ccc(F)cc3)c3ccc4c(c3)OCO4)CC2)cc1. The van der Waals surface area contributed by atoms with Gasteiger partial charge in [-0.3, -0.25) is 9.69 Å². The minimum Gasteiger partial charge on any atom is -0.497 e. The summed E-state index contributed by atoms with van der Waals surface area (Å²) in [6, 6.07) is 19.6. The van der Waals surface area contributed by atoms with Gasteiger partial charge in [-0.25, -0.2) is 4.39 Å². The third-order valence-corrected chi connectivity index (χ3v) is 6.54. The van der Waals surface area contributed by atoms with Gasteiger partial charge in [0, 0.05) is 44.0 Å². The van der Waals surface area contributed by atoms with E-state index in [4.69, 9.17) is 14.2 Å². The topological polar surface area (TPSA) is 63.3 Å². The number of hydrogen-bond donors (Lipinski definition) is 1. The number of nitrogens with one attached hydrogen (secondary N) is 1. The molecule has 2 aliphatic heterocycles. The number of benzene rings is 3. The second-order valence-corrected chi connectivity index (χ2v) is 8.57. The summed E-state index contributed by atoms with van der Waals surface area (Å²) in [6.45, 7) is 4.01. The molecule has 8 heteroatoms. The Labute approximate surface area is 204 Å². The Morgan fingerprint density at radius 3 is 2.40 bits per heavy atom. The van der Waals surface area contributed by atoms with E-state index in [1.165, 1.54) is 24.3 Å². The molecule has 1 amide bonds. The molecule has 182 valence electrons. The number of hydrogen-bond acceptors (Lipinski definition) is 6. The van der Waals surface area contributed by atoms with E-state index in [1.807, 2.05) is 30.3 Å². The van der Waals surface area contributed by atoms with Crippen LogP contribution in [-0.4, -0.2) is 57.4 Å². The van der Waals surface area contributed by atoms with Crippen molar-refractivity contribution < 1.29 is 23.4 Å². The van der Waals surface area contributed by atoms with Crippen LogP contribution in [0.1, 0.15) is 22.0 Å². The Bertz CT molecular complexity index is 1160. The van der Waals surface area contributed by atoms with Crippen LogP contribution >= 0.6 is 0 Å². The van der Waals surface area contributed by atoms with E-state index >= 15 is 0 Å². The predicted molar refractivity (Wildman–Crippen MR) is 131 cm³/mol. The zero-order chi connectivity index (χ0) is 24.2. The maximum atomic E-state index is 13.3. The molecule has 1 N–H and O–H groups in total. The smallest absolute Gasteiger partial charge is 0.251 e. The first-order chi connectivity index (χ1) is 17.1. The molecule has 3 aromatic rings. The van der Waals surface area contributed by atoms with Crippen molar-refractivity contribution in [2.45, 2.75) is 6.04 Å².